The number of hydrogen-bond acceptors (Lipinski definition) is 2. The van der Waals surface area contributed by atoms with E-state index in [1.807, 2.05) is 0 Å². The predicted octanol–water partition coefficient (Wildman–Crippen LogP) is 4.26. The Labute approximate surface area is 118 Å². The number of nitrogens with zero attached hydrogens (tertiary/aromatic N) is 2. The third-order valence-electron chi connectivity index (χ3n) is 3.11. The topological polar surface area (TPSA) is 31.0 Å². The summed E-state index contributed by atoms with van der Waals surface area (Å²) >= 11 is 6.09. The Morgan fingerprint density at radius 1 is 1.35 bits per heavy atom. The largest absolute Gasteiger partial charge is 0.472 e. The fourth-order valence-electron chi connectivity index (χ4n) is 2.20. The van der Waals surface area contributed by atoms with Crippen LogP contribution in [0.15, 0.2) is 35.1 Å². The van der Waals surface area contributed by atoms with Crippen molar-refractivity contribution in [3.05, 3.63) is 53.7 Å². The average molecular weight is 297 g/mol. The van der Waals surface area contributed by atoms with Crippen molar-refractivity contribution in [1.29, 1.82) is 0 Å². The first-order chi connectivity index (χ1) is 9.58. The Balaban J connectivity index is 2.25. The molecule has 0 saturated carbocycles. The molecule has 0 amide bonds. The van der Waals surface area contributed by atoms with Crippen molar-refractivity contribution >= 4 is 22.6 Å². The van der Waals surface area contributed by atoms with Gasteiger partial charge < -0.3 is 8.98 Å². The summed E-state index contributed by atoms with van der Waals surface area (Å²) in [5.41, 5.74) is 1.33. The minimum absolute atomic E-state index is 0.119. The average Bonchev–Trinajstić information content (AvgIpc) is 3.02. The molecule has 0 saturated heterocycles. The van der Waals surface area contributed by atoms with E-state index in [-0.39, 0.29) is 5.52 Å². The zero-order valence-electron chi connectivity index (χ0n) is 10.6. The van der Waals surface area contributed by atoms with Gasteiger partial charge >= 0.3 is 0 Å². The van der Waals surface area contributed by atoms with Gasteiger partial charge in [-0.3, -0.25) is 0 Å². The van der Waals surface area contributed by atoms with Crippen LogP contribution in [0.25, 0.3) is 11.0 Å². The molecule has 2 aromatic heterocycles. The summed E-state index contributed by atoms with van der Waals surface area (Å²) in [5.74, 6) is -1.32. The van der Waals surface area contributed by atoms with Crippen LogP contribution in [0.2, 0.25) is 0 Å². The molecule has 0 aliphatic carbocycles. The van der Waals surface area contributed by atoms with E-state index in [4.69, 9.17) is 16.0 Å². The predicted molar refractivity (Wildman–Crippen MR) is 71.7 cm³/mol. The van der Waals surface area contributed by atoms with E-state index in [1.165, 1.54) is 12.3 Å². The Morgan fingerprint density at radius 2 is 2.15 bits per heavy atom. The molecule has 3 aromatic rings. The summed E-state index contributed by atoms with van der Waals surface area (Å²) < 4.78 is 34.1. The quantitative estimate of drug-likeness (QED) is 0.676. The highest BCUT2D eigenvalue weighted by atomic mass is 35.5. The third kappa shape index (κ3) is 2.08. The van der Waals surface area contributed by atoms with Crippen molar-refractivity contribution < 1.29 is 13.2 Å². The summed E-state index contributed by atoms with van der Waals surface area (Å²) in [6, 6.07) is 4.27. The summed E-state index contributed by atoms with van der Waals surface area (Å²) in [4.78, 5) is 4.29. The number of benzene rings is 1. The van der Waals surface area contributed by atoms with Crippen LogP contribution in [0.1, 0.15) is 23.7 Å². The lowest BCUT2D eigenvalue weighted by Gasteiger charge is -2.09. The molecule has 0 spiro atoms. The number of halogens is 3. The Hall–Kier alpha value is -1.88. The molecule has 0 fully saturated rings. The smallest absolute Gasteiger partial charge is 0.184 e. The van der Waals surface area contributed by atoms with Crippen molar-refractivity contribution in [2.24, 2.45) is 0 Å². The van der Waals surface area contributed by atoms with Crippen LogP contribution in [-0.2, 0) is 6.54 Å². The molecule has 104 valence electrons. The Morgan fingerprint density at radius 3 is 2.80 bits per heavy atom. The van der Waals surface area contributed by atoms with Gasteiger partial charge in [0.1, 0.15) is 11.3 Å². The van der Waals surface area contributed by atoms with Gasteiger partial charge in [-0.25, -0.2) is 13.8 Å². The molecular weight excluding hydrogens is 286 g/mol. The van der Waals surface area contributed by atoms with Gasteiger partial charge in [0.2, 0.25) is 0 Å². The molecule has 0 aliphatic rings. The second-order valence-electron chi connectivity index (χ2n) is 4.53. The first kappa shape index (κ1) is 13.1. The number of fused-ring (bicyclic) bond motifs is 1. The van der Waals surface area contributed by atoms with E-state index in [2.05, 4.69) is 4.98 Å². The van der Waals surface area contributed by atoms with Crippen LogP contribution in [0.4, 0.5) is 8.78 Å². The van der Waals surface area contributed by atoms with Gasteiger partial charge in [-0.05, 0) is 25.1 Å². The zero-order chi connectivity index (χ0) is 14.3. The number of aromatic nitrogens is 2. The second kappa shape index (κ2) is 4.90. The summed E-state index contributed by atoms with van der Waals surface area (Å²) in [7, 11) is 0. The fourth-order valence-corrected chi connectivity index (χ4v) is 2.37. The van der Waals surface area contributed by atoms with Gasteiger partial charge in [-0.2, -0.15) is 0 Å². The minimum atomic E-state index is -0.915. The molecule has 1 atom stereocenters. The van der Waals surface area contributed by atoms with Crippen molar-refractivity contribution in [2.45, 2.75) is 18.8 Å². The van der Waals surface area contributed by atoms with E-state index in [0.717, 1.165) is 11.6 Å². The van der Waals surface area contributed by atoms with E-state index in [9.17, 15) is 8.78 Å². The molecule has 0 radical (unpaired) electrons. The molecule has 1 unspecified atom stereocenters. The highest BCUT2D eigenvalue weighted by Gasteiger charge is 2.20. The van der Waals surface area contributed by atoms with Crippen LogP contribution in [-0.4, -0.2) is 9.55 Å². The maximum absolute atomic E-state index is 14.1. The van der Waals surface area contributed by atoms with Crippen LogP contribution >= 0.6 is 11.6 Å². The summed E-state index contributed by atoms with van der Waals surface area (Å²) in [6.07, 6.45) is 3.07. The summed E-state index contributed by atoms with van der Waals surface area (Å²) in [6.45, 7) is 2.06. The highest BCUT2D eigenvalue weighted by Crippen LogP contribution is 2.28. The molecule has 6 heteroatoms. The Bertz CT molecular complexity index is 750. The minimum Gasteiger partial charge on any atom is -0.472 e. The third-order valence-corrected chi connectivity index (χ3v) is 3.30. The van der Waals surface area contributed by atoms with E-state index < -0.39 is 17.0 Å². The maximum Gasteiger partial charge on any atom is 0.184 e. The number of rotatable bonds is 3. The van der Waals surface area contributed by atoms with Gasteiger partial charge in [-0.15, -0.1) is 11.6 Å². The first-order valence-electron chi connectivity index (χ1n) is 6.07. The SMILES string of the molecule is CC(Cl)c1nc2ccc(F)c(F)c2n1Cc1ccoc1. The van der Waals surface area contributed by atoms with Crippen LogP contribution in [0.5, 0.6) is 0 Å². The molecule has 1 aromatic carbocycles. The number of furan rings is 1. The van der Waals surface area contributed by atoms with Crippen LogP contribution < -0.4 is 0 Å². The molecule has 20 heavy (non-hydrogen) atoms. The molecule has 3 rings (SSSR count). The lowest BCUT2D eigenvalue weighted by atomic mass is 10.2. The van der Waals surface area contributed by atoms with Crippen molar-refractivity contribution in [3.8, 4) is 0 Å². The van der Waals surface area contributed by atoms with Crippen LogP contribution in [0.3, 0.4) is 0 Å². The summed E-state index contributed by atoms with van der Waals surface area (Å²) in [5, 5.41) is -0.420. The monoisotopic (exact) mass is 296 g/mol. The Kier molecular flexibility index (Phi) is 3.22. The standard InChI is InChI=1S/C14H11ClF2N2O/c1-8(15)14-18-11-3-2-10(16)12(17)13(11)19(14)6-9-4-5-20-7-9/h2-5,7-8H,6H2,1H3. The fraction of sp³-hybridized carbons (Fsp3) is 0.214. The molecular formula is C14H11ClF2N2O. The molecule has 0 bridgehead atoms. The molecule has 3 nitrogen and oxygen atoms in total. The van der Waals surface area contributed by atoms with Crippen molar-refractivity contribution in [2.75, 3.05) is 0 Å². The molecule has 0 N–H and O–H groups in total. The number of imidazole rings is 1. The molecule has 2 heterocycles. The lowest BCUT2D eigenvalue weighted by Crippen LogP contribution is -2.06. The maximum atomic E-state index is 14.1. The van der Waals surface area contributed by atoms with Gasteiger partial charge in [0.05, 0.1) is 30.0 Å². The molecule has 0 aliphatic heterocycles. The van der Waals surface area contributed by atoms with Crippen LogP contribution in [0, 0.1) is 11.6 Å². The second-order valence-corrected chi connectivity index (χ2v) is 5.19. The van der Waals surface area contributed by atoms with Gasteiger partial charge in [-0.1, -0.05) is 0 Å². The lowest BCUT2D eigenvalue weighted by molar-refractivity contribution is 0.511. The van der Waals surface area contributed by atoms with Crippen molar-refractivity contribution in [3.63, 3.8) is 0 Å². The van der Waals surface area contributed by atoms with Gasteiger partial charge in [0, 0.05) is 5.56 Å². The van der Waals surface area contributed by atoms with E-state index >= 15 is 0 Å². The first-order valence-corrected chi connectivity index (χ1v) is 6.51. The highest BCUT2D eigenvalue weighted by molar-refractivity contribution is 6.20. The van der Waals surface area contributed by atoms with E-state index in [1.54, 1.807) is 23.8 Å². The van der Waals surface area contributed by atoms with Gasteiger partial charge in [0.25, 0.3) is 0 Å². The number of alkyl halides is 1. The number of hydrogen-bond donors (Lipinski definition) is 0. The normalized spacial score (nSPS) is 13.0. The zero-order valence-corrected chi connectivity index (χ0v) is 11.4. The van der Waals surface area contributed by atoms with Crippen molar-refractivity contribution in [1.82, 2.24) is 9.55 Å². The van der Waals surface area contributed by atoms with Gasteiger partial charge in [0.15, 0.2) is 11.6 Å². The van der Waals surface area contributed by atoms with E-state index in [0.29, 0.717) is 17.9 Å².